The van der Waals surface area contributed by atoms with E-state index >= 15 is 0 Å². The van der Waals surface area contributed by atoms with E-state index in [1.165, 1.54) is 11.8 Å². The quantitative estimate of drug-likeness (QED) is 0.343. The number of carbonyl (C=O) groups is 2. The monoisotopic (exact) mass is 423 g/mol. The molecule has 3 rings (SSSR count). The van der Waals surface area contributed by atoms with Crippen LogP contribution in [-0.2, 0) is 20.7 Å². The van der Waals surface area contributed by atoms with Crippen LogP contribution in [0.4, 0.5) is 5.69 Å². The highest BCUT2D eigenvalue weighted by atomic mass is 32.2. The summed E-state index contributed by atoms with van der Waals surface area (Å²) in [6.07, 6.45) is 1.68. The summed E-state index contributed by atoms with van der Waals surface area (Å²) in [5.41, 5.74) is 3.33. The molecule has 1 heterocycles. The predicted octanol–water partition coefficient (Wildman–Crippen LogP) is 4.47. The molecule has 1 unspecified atom stereocenters. The van der Waals surface area contributed by atoms with Gasteiger partial charge in [0.1, 0.15) is 0 Å². The largest absolute Gasteiger partial charge is 0.453 e. The number of amides is 1. The van der Waals surface area contributed by atoms with E-state index in [1.54, 1.807) is 6.92 Å². The number of thioether (sulfide) groups is 1. The molecule has 30 heavy (non-hydrogen) atoms. The molecular formula is C23H25N3O3S. The summed E-state index contributed by atoms with van der Waals surface area (Å²) in [5.74, 6) is -0.789. The Balaban J connectivity index is 1.55. The van der Waals surface area contributed by atoms with E-state index in [-0.39, 0.29) is 12.3 Å². The number of benzene rings is 2. The summed E-state index contributed by atoms with van der Waals surface area (Å²) in [7, 11) is 0. The van der Waals surface area contributed by atoms with Gasteiger partial charge in [0.25, 0.3) is 5.91 Å². The summed E-state index contributed by atoms with van der Waals surface area (Å²) < 4.78 is 5.32. The number of aryl methyl sites for hydroxylation is 2. The molecule has 0 saturated heterocycles. The molecular weight excluding hydrogens is 398 g/mol. The van der Waals surface area contributed by atoms with E-state index < -0.39 is 12.1 Å². The second kappa shape index (κ2) is 9.71. The van der Waals surface area contributed by atoms with Gasteiger partial charge < -0.3 is 10.1 Å². The number of hydrogen-bond acceptors (Lipinski definition) is 6. The first-order valence-corrected chi connectivity index (χ1v) is 11.0. The van der Waals surface area contributed by atoms with Gasteiger partial charge in [-0.25, -0.2) is 9.97 Å². The van der Waals surface area contributed by atoms with E-state index in [9.17, 15) is 9.59 Å². The van der Waals surface area contributed by atoms with Gasteiger partial charge in [0.05, 0.1) is 0 Å². The molecule has 6 nitrogen and oxygen atoms in total. The molecule has 0 aliphatic heterocycles. The first kappa shape index (κ1) is 21.8. The van der Waals surface area contributed by atoms with Crippen LogP contribution in [0.5, 0.6) is 0 Å². The van der Waals surface area contributed by atoms with Crippen LogP contribution in [0.3, 0.4) is 0 Å². The number of aromatic nitrogens is 2. The van der Waals surface area contributed by atoms with Crippen molar-refractivity contribution in [3.8, 4) is 0 Å². The normalized spacial score (nSPS) is 11.9. The number of anilines is 1. The molecule has 0 aliphatic carbocycles. The van der Waals surface area contributed by atoms with Crippen LogP contribution in [0.25, 0.3) is 10.8 Å². The van der Waals surface area contributed by atoms with Crippen molar-refractivity contribution >= 4 is 40.1 Å². The standard InChI is InChI=1S/C23H25N3O3S/c1-14-20(15(2)25-23(24-14)30-4)11-12-21(27)29-16(3)22(28)26-19-10-9-17-7-5-6-8-18(17)13-19/h5-10,13,16H,11-12H2,1-4H3,(H,26,28). The van der Waals surface area contributed by atoms with Crippen molar-refractivity contribution in [3.63, 3.8) is 0 Å². The van der Waals surface area contributed by atoms with Gasteiger partial charge in [-0.05, 0) is 61.9 Å². The average molecular weight is 424 g/mol. The smallest absolute Gasteiger partial charge is 0.306 e. The topological polar surface area (TPSA) is 81.2 Å². The second-order valence-corrected chi connectivity index (χ2v) is 7.82. The SMILES string of the molecule is CSc1nc(C)c(CCC(=O)OC(C)C(=O)Nc2ccc3ccccc3c2)c(C)n1. The lowest BCUT2D eigenvalue weighted by atomic mass is 10.1. The molecule has 1 aromatic heterocycles. The zero-order chi connectivity index (χ0) is 21.7. The molecule has 156 valence electrons. The fourth-order valence-electron chi connectivity index (χ4n) is 3.21. The lowest BCUT2D eigenvalue weighted by Gasteiger charge is -2.14. The number of esters is 1. The van der Waals surface area contributed by atoms with Crippen molar-refractivity contribution in [3.05, 3.63) is 59.4 Å². The van der Waals surface area contributed by atoms with E-state index in [4.69, 9.17) is 4.74 Å². The molecule has 3 aromatic rings. The zero-order valence-electron chi connectivity index (χ0n) is 17.6. The highest BCUT2D eigenvalue weighted by Crippen LogP contribution is 2.20. The van der Waals surface area contributed by atoms with E-state index in [2.05, 4.69) is 15.3 Å². The fraction of sp³-hybridized carbons (Fsp3) is 0.304. The first-order chi connectivity index (χ1) is 14.4. The Bertz CT molecular complexity index is 1060. The minimum Gasteiger partial charge on any atom is -0.453 e. The number of nitrogens with zero attached hydrogens (tertiary/aromatic N) is 2. The van der Waals surface area contributed by atoms with Gasteiger partial charge in [-0.1, -0.05) is 42.1 Å². The molecule has 0 spiro atoms. The molecule has 1 atom stereocenters. The minimum absolute atomic E-state index is 0.164. The lowest BCUT2D eigenvalue weighted by molar-refractivity contribution is -0.153. The van der Waals surface area contributed by atoms with Crippen molar-refractivity contribution < 1.29 is 14.3 Å². The molecule has 7 heteroatoms. The summed E-state index contributed by atoms with van der Waals surface area (Å²) in [6, 6.07) is 13.6. The zero-order valence-corrected chi connectivity index (χ0v) is 18.4. The maximum Gasteiger partial charge on any atom is 0.306 e. The van der Waals surface area contributed by atoms with Gasteiger partial charge in [-0.15, -0.1) is 0 Å². The molecule has 0 saturated carbocycles. The first-order valence-electron chi connectivity index (χ1n) is 9.74. The maximum atomic E-state index is 12.4. The summed E-state index contributed by atoms with van der Waals surface area (Å²) in [6.45, 7) is 5.39. The highest BCUT2D eigenvalue weighted by molar-refractivity contribution is 7.98. The van der Waals surface area contributed by atoms with Crippen LogP contribution < -0.4 is 5.32 Å². The number of ether oxygens (including phenoxy) is 1. The number of fused-ring (bicyclic) bond motifs is 1. The van der Waals surface area contributed by atoms with Crippen LogP contribution >= 0.6 is 11.8 Å². The summed E-state index contributed by atoms with van der Waals surface area (Å²) in [4.78, 5) is 33.5. The van der Waals surface area contributed by atoms with Crippen LogP contribution in [0.2, 0.25) is 0 Å². The second-order valence-electron chi connectivity index (χ2n) is 7.04. The van der Waals surface area contributed by atoms with Crippen LogP contribution in [0, 0.1) is 13.8 Å². The number of hydrogen-bond donors (Lipinski definition) is 1. The van der Waals surface area contributed by atoms with Crippen molar-refractivity contribution in [2.45, 2.75) is 44.9 Å². The van der Waals surface area contributed by atoms with Gasteiger partial charge in [0.15, 0.2) is 11.3 Å². The van der Waals surface area contributed by atoms with Crippen LogP contribution in [0.1, 0.15) is 30.3 Å². The molecule has 0 aliphatic rings. The van der Waals surface area contributed by atoms with Crippen molar-refractivity contribution in [1.82, 2.24) is 9.97 Å². The Morgan fingerprint density at radius 1 is 1.07 bits per heavy atom. The number of nitrogens with one attached hydrogen (secondary N) is 1. The summed E-state index contributed by atoms with van der Waals surface area (Å²) in [5, 5.41) is 5.64. The Morgan fingerprint density at radius 2 is 1.73 bits per heavy atom. The van der Waals surface area contributed by atoms with Crippen LogP contribution in [0.15, 0.2) is 47.6 Å². The van der Waals surface area contributed by atoms with Crippen molar-refractivity contribution in [2.75, 3.05) is 11.6 Å². The Morgan fingerprint density at radius 3 is 2.40 bits per heavy atom. The van der Waals surface area contributed by atoms with Gasteiger partial charge in [0, 0.05) is 23.5 Å². The van der Waals surface area contributed by atoms with E-state index in [1.807, 2.05) is 62.6 Å². The Labute approximate surface area is 180 Å². The molecule has 1 N–H and O–H groups in total. The fourth-order valence-corrected chi connectivity index (χ4v) is 3.67. The van der Waals surface area contributed by atoms with Gasteiger partial charge in [-0.3, -0.25) is 9.59 Å². The van der Waals surface area contributed by atoms with E-state index in [0.29, 0.717) is 12.1 Å². The maximum absolute atomic E-state index is 12.4. The molecule has 2 aromatic carbocycles. The Hall–Kier alpha value is -2.93. The Kier molecular flexibility index (Phi) is 7.05. The molecule has 0 radical (unpaired) electrons. The molecule has 0 fully saturated rings. The molecule has 0 bridgehead atoms. The third-order valence-corrected chi connectivity index (χ3v) is 5.40. The lowest BCUT2D eigenvalue weighted by Crippen LogP contribution is -2.30. The van der Waals surface area contributed by atoms with Crippen LogP contribution in [-0.4, -0.2) is 34.2 Å². The van der Waals surface area contributed by atoms with Crippen molar-refractivity contribution in [1.29, 1.82) is 0 Å². The summed E-state index contributed by atoms with van der Waals surface area (Å²) >= 11 is 1.48. The third-order valence-electron chi connectivity index (χ3n) is 4.86. The predicted molar refractivity (Wildman–Crippen MR) is 120 cm³/mol. The number of rotatable bonds is 7. The molecule has 1 amide bonds. The van der Waals surface area contributed by atoms with Gasteiger partial charge >= 0.3 is 5.97 Å². The van der Waals surface area contributed by atoms with Gasteiger partial charge in [0.2, 0.25) is 0 Å². The number of carbonyl (C=O) groups excluding carboxylic acids is 2. The van der Waals surface area contributed by atoms with E-state index in [0.717, 1.165) is 32.9 Å². The average Bonchev–Trinajstić information content (AvgIpc) is 2.72. The third kappa shape index (κ3) is 5.36. The van der Waals surface area contributed by atoms with Crippen molar-refractivity contribution in [2.24, 2.45) is 0 Å². The highest BCUT2D eigenvalue weighted by Gasteiger charge is 2.19. The van der Waals surface area contributed by atoms with Gasteiger partial charge in [-0.2, -0.15) is 0 Å². The minimum atomic E-state index is -0.888.